The second-order valence-corrected chi connectivity index (χ2v) is 5.26. The molecular formula is C13H20N2OS. The molecule has 0 heterocycles. The highest BCUT2D eigenvalue weighted by molar-refractivity contribution is 7.97. The fraction of sp³-hybridized carbons (Fsp3) is 0.462. The first-order valence-electron chi connectivity index (χ1n) is 5.69. The first kappa shape index (κ1) is 14.1. The smallest absolute Gasteiger partial charge is 0.241 e. The number of hydrogen-bond donors (Lipinski definition) is 2. The molecule has 0 aliphatic carbocycles. The van der Waals surface area contributed by atoms with Crippen molar-refractivity contribution in [3.05, 3.63) is 29.8 Å². The largest absolute Gasteiger partial charge is 0.325 e. The summed E-state index contributed by atoms with van der Waals surface area (Å²) in [6.45, 7) is 3.87. The summed E-state index contributed by atoms with van der Waals surface area (Å²) in [7, 11) is 0. The van der Waals surface area contributed by atoms with Crippen LogP contribution in [-0.4, -0.2) is 18.2 Å². The Bertz CT molecular complexity index is 362. The zero-order valence-corrected chi connectivity index (χ0v) is 11.4. The molecule has 0 fully saturated rings. The topological polar surface area (TPSA) is 55.1 Å². The Hall–Kier alpha value is -1.00. The molecule has 94 valence electrons. The molecule has 17 heavy (non-hydrogen) atoms. The van der Waals surface area contributed by atoms with Crippen LogP contribution in [-0.2, 0) is 10.5 Å². The van der Waals surface area contributed by atoms with Crippen LogP contribution in [0.3, 0.4) is 0 Å². The van der Waals surface area contributed by atoms with Crippen LogP contribution in [0.25, 0.3) is 0 Å². The summed E-state index contributed by atoms with van der Waals surface area (Å²) in [6.07, 6.45) is 2.07. The second kappa shape index (κ2) is 6.67. The molecule has 0 radical (unpaired) electrons. The molecule has 1 aromatic rings. The van der Waals surface area contributed by atoms with Crippen LogP contribution in [0.15, 0.2) is 24.3 Å². The number of carbonyl (C=O) groups is 1. The lowest BCUT2D eigenvalue weighted by Crippen LogP contribution is -2.39. The normalized spacial score (nSPS) is 12.5. The van der Waals surface area contributed by atoms with Crippen molar-refractivity contribution in [1.29, 1.82) is 0 Å². The number of anilines is 1. The minimum Gasteiger partial charge on any atom is -0.325 e. The minimum atomic E-state index is -0.458. The maximum atomic E-state index is 11.7. The fourth-order valence-corrected chi connectivity index (χ4v) is 1.91. The molecule has 0 aromatic heterocycles. The summed E-state index contributed by atoms with van der Waals surface area (Å²) in [4.78, 5) is 11.7. The minimum absolute atomic E-state index is 0.127. The summed E-state index contributed by atoms with van der Waals surface area (Å²) < 4.78 is 0. The van der Waals surface area contributed by atoms with E-state index in [1.54, 1.807) is 11.8 Å². The number of thioether (sulfide) groups is 1. The van der Waals surface area contributed by atoms with E-state index in [1.807, 2.05) is 38.1 Å². The maximum Gasteiger partial charge on any atom is 0.241 e. The van der Waals surface area contributed by atoms with Gasteiger partial charge < -0.3 is 11.1 Å². The summed E-state index contributed by atoms with van der Waals surface area (Å²) in [5, 5.41) is 2.82. The highest BCUT2D eigenvalue weighted by atomic mass is 32.2. The molecule has 0 saturated carbocycles. The highest BCUT2D eigenvalue weighted by Crippen LogP contribution is 2.14. The summed E-state index contributed by atoms with van der Waals surface area (Å²) in [5.74, 6) is 1.00. The quantitative estimate of drug-likeness (QED) is 0.846. The van der Waals surface area contributed by atoms with Crippen LogP contribution in [0.4, 0.5) is 5.69 Å². The van der Waals surface area contributed by atoms with Gasteiger partial charge in [-0.05, 0) is 29.9 Å². The lowest BCUT2D eigenvalue weighted by molar-refractivity contribution is -0.118. The Balaban J connectivity index is 2.60. The molecule has 0 saturated heterocycles. The third kappa shape index (κ3) is 4.40. The van der Waals surface area contributed by atoms with Gasteiger partial charge in [-0.3, -0.25) is 4.79 Å². The molecule has 1 amide bonds. The number of benzene rings is 1. The monoisotopic (exact) mass is 252 g/mol. The van der Waals surface area contributed by atoms with Crippen LogP contribution in [0.1, 0.15) is 19.4 Å². The third-order valence-corrected chi connectivity index (χ3v) is 3.18. The molecule has 3 N–H and O–H groups in total. The zero-order valence-electron chi connectivity index (χ0n) is 10.6. The van der Waals surface area contributed by atoms with Gasteiger partial charge in [-0.15, -0.1) is 0 Å². The molecule has 0 spiro atoms. The number of nitrogens with two attached hydrogens (primary N) is 1. The van der Waals surface area contributed by atoms with Crippen LogP contribution in [0, 0.1) is 5.92 Å². The van der Waals surface area contributed by atoms with E-state index in [2.05, 4.69) is 11.6 Å². The Morgan fingerprint density at radius 3 is 2.41 bits per heavy atom. The van der Waals surface area contributed by atoms with E-state index in [-0.39, 0.29) is 11.8 Å². The van der Waals surface area contributed by atoms with E-state index in [9.17, 15) is 4.79 Å². The molecule has 1 rings (SSSR count). The van der Waals surface area contributed by atoms with Gasteiger partial charge in [0.05, 0.1) is 6.04 Å². The van der Waals surface area contributed by atoms with Gasteiger partial charge in [-0.2, -0.15) is 11.8 Å². The first-order valence-corrected chi connectivity index (χ1v) is 7.08. The lowest BCUT2D eigenvalue weighted by atomic mass is 10.0. The van der Waals surface area contributed by atoms with Gasteiger partial charge in [0, 0.05) is 11.4 Å². The van der Waals surface area contributed by atoms with Crippen molar-refractivity contribution >= 4 is 23.4 Å². The maximum absolute atomic E-state index is 11.7. The number of amides is 1. The molecule has 0 unspecified atom stereocenters. The average Bonchev–Trinajstić information content (AvgIpc) is 2.30. The van der Waals surface area contributed by atoms with Crippen molar-refractivity contribution in [2.24, 2.45) is 11.7 Å². The van der Waals surface area contributed by atoms with Crippen molar-refractivity contribution < 1.29 is 4.79 Å². The first-order chi connectivity index (χ1) is 8.04. The van der Waals surface area contributed by atoms with Gasteiger partial charge in [-0.1, -0.05) is 26.0 Å². The standard InChI is InChI=1S/C13H20N2OS/c1-9(2)12(14)13(16)15-11-6-4-10(5-7-11)8-17-3/h4-7,9,12H,8,14H2,1-3H3,(H,15,16)/t12-/m0/s1. The van der Waals surface area contributed by atoms with E-state index in [1.165, 1.54) is 5.56 Å². The molecule has 1 aromatic carbocycles. The predicted octanol–water partition coefficient (Wildman–Crippen LogP) is 2.47. The van der Waals surface area contributed by atoms with Gasteiger partial charge in [-0.25, -0.2) is 0 Å². The molecule has 1 atom stereocenters. The molecule has 0 aliphatic rings. The van der Waals surface area contributed by atoms with Crippen LogP contribution in [0.2, 0.25) is 0 Å². The number of nitrogens with one attached hydrogen (secondary N) is 1. The van der Waals surface area contributed by atoms with E-state index in [4.69, 9.17) is 5.73 Å². The predicted molar refractivity (Wildman–Crippen MR) is 75.1 cm³/mol. The van der Waals surface area contributed by atoms with Gasteiger partial charge in [0.25, 0.3) is 0 Å². The van der Waals surface area contributed by atoms with Crippen LogP contribution >= 0.6 is 11.8 Å². The van der Waals surface area contributed by atoms with Crippen molar-refractivity contribution in [3.63, 3.8) is 0 Å². The van der Waals surface area contributed by atoms with Crippen LogP contribution in [0.5, 0.6) is 0 Å². The Morgan fingerprint density at radius 2 is 1.94 bits per heavy atom. The molecule has 3 nitrogen and oxygen atoms in total. The van der Waals surface area contributed by atoms with Gasteiger partial charge >= 0.3 is 0 Å². The van der Waals surface area contributed by atoms with Gasteiger partial charge in [0.1, 0.15) is 0 Å². The summed E-state index contributed by atoms with van der Waals surface area (Å²) in [5.41, 5.74) is 7.83. The van der Waals surface area contributed by atoms with E-state index < -0.39 is 6.04 Å². The Morgan fingerprint density at radius 1 is 1.35 bits per heavy atom. The van der Waals surface area contributed by atoms with E-state index in [0.29, 0.717) is 0 Å². The summed E-state index contributed by atoms with van der Waals surface area (Å²) in [6, 6.07) is 7.41. The van der Waals surface area contributed by atoms with E-state index >= 15 is 0 Å². The lowest BCUT2D eigenvalue weighted by Gasteiger charge is -2.15. The SMILES string of the molecule is CSCc1ccc(NC(=O)[C@@H](N)C(C)C)cc1. The number of hydrogen-bond acceptors (Lipinski definition) is 3. The van der Waals surface area contributed by atoms with Crippen molar-refractivity contribution in [1.82, 2.24) is 0 Å². The fourth-order valence-electron chi connectivity index (χ4n) is 1.38. The number of rotatable bonds is 5. The van der Waals surface area contributed by atoms with Gasteiger partial charge in [0.2, 0.25) is 5.91 Å². The second-order valence-electron chi connectivity index (χ2n) is 4.39. The molecule has 0 aliphatic heterocycles. The van der Waals surface area contributed by atoms with E-state index in [0.717, 1.165) is 11.4 Å². The molecule has 4 heteroatoms. The zero-order chi connectivity index (χ0) is 12.8. The Labute approximate surface area is 107 Å². The summed E-state index contributed by atoms with van der Waals surface area (Å²) >= 11 is 1.78. The molecular weight excluding hydrogens is 232 g/mol. The van der Waals surface area contributed by atoms with Crippen LogP contribution < -0.4 is 11.1 Å². The van der Waals surface area contributed by atoms with Crippen molar-refractivity contribution in [3.8, 4) is 0 Å². The third-order valence-electron chi connectivity index (χ3n) is 2.55. The van der Waals surface area contributed by atoms with Gasteiger partial charge in [0.15, 0.2) is 0 Å². The van der Waals surface area contributed by atoms with Crippen molar-refractivity contribution in [2.75, 3.05) is 11.6 Å². The van der Waals surface area contributed by atoms with Crippen molar-refractivity contribution in [2.45, 2.75) is 25.6 Å². The average molecular weight is 252 g/mol. The number of carbonyl (C=O) groups excluding carboxylic acids is 1. The highest BCUT2D eigenvalue weighted by Gasteiger charge is 2.16. The molecule has 0 bridgehead atoms. The Kier molecular flexibility index (Phi) is 5.51.